The molecule has 4 nitrogen and oxygen atoms in total. The Hall–Kier alpha value is -0.593. The van der Waals surface area contributed by atoms with Crippen LogP contribution < -0.4 is 0 Å². The summed E-state index contributed by atoms with van der Waals surface area (Å²) in [5.74, 6) is 0. The first-order valence-corrected chi connectivity index (χ1v) is 13.4. The van der Waals surface area contributed by atoms with Crippen LogP contribution in [0.3, 0.4) is 0 Å². The molecule has 0 aromatic rings. The Morgan fingerprint density at radius 3 is 2.46 bits per heavy atom. The Balaban J connectivity index is 1.95. The highest BCUT2D eigenvalue weighted by Gasteiger charge is 2.71. The molecule has 0 amide bonds. The molecular formula is C20H31BrO4Si. The summed E-state index contributed by atoms with van der Waals surface area (Å²) in [5, 5.41) is 0.911. The first-order valence-electron chi connectivity index (χ1n) is 9.40. The molecule has 6 heteroatoms. The number of hydrogen-bond donors (Lipinski definition) is 0. The van der Waals surface area contributed by atoms with Gasteiger partial charge in [0.15, 0.2) is 20.0 Å². The highest BCUT2D eigenvalue weighted by atomic mass is 79.9. The van der Waals surface area contributed by atoms with Gasteiger partial charge in [0.2, 0.25) is 0 Å². The predicted molar refractivity (Wildman–Crippen MR) is 109 cm³/mol. The van der Waals surface area contributed by atoms with Crippen molar-refractivity contribution in [3.8, 4) is 0 Å². The maximum absolute atomic E-state index is 12.0. The van der Waals surface area contributed by atoms with Gasteiger partial charge in [0.05, 0.1) is 6.61 Å². The van der Waals surface area contributed by atoms with Gasteiger partial charge in [-0.05, 0) is 56.0 Å². The molecule has 0 aromatic carbocycles. The molecule has 3 rings (SSSR count). The van der Waals surface area contributed by atoms with Crippen LogP contribution in [0.4, 0.5) is 4.79 Å². The smallest absolute Gasteiger partial charge is 0.423 e. The van der Waals surface area contributed by atoms with Crippen molar-refractivity contribution in [2.75, 3.05) is 11.9 Å². The summed E-state index contributed by atoms with van der Waals surface area (Å²) < 4.78 is 17.7. The number of carbonyl (C=O) groups is 1. The molecule has 1 aliphatic heterocycles. The fourth-order valence-electron chi connectivity index (χ4n) is 4.16. The van der Waals surface area contributed by atoms with Crippen molar-refractivity contribution >= 4 is 30.4 Å². The SMILES string of the molecule is CC1=C(CBr)/C(=C/CO[Si](C)(C)C(C)(C)C)[C@@H]2OC(=O)O[C@]2(C)C12CC2. The van der Waals surface area contributed by atoms with E-state index >= 15 is 0 Å². The monoisotopic (exact) mass is 442 g/mol. The number of carbonyl (C=O) groups excluding carboxylic acids is 1. The van der Waals surface area contributed by atoms with E-state index in [9.17, 15) is 4.79 Å². The number of rotatable bonds is 4. The summed E-state index contributed by atoms with van der Waals surface area (Å²) >= 11 is 3.65. The predicted octanol–water partition coefficient (Wildman–Crippen LogP) is 5.73. The molecule has 1 spiro atoms. The van der Waals surface area contributed by atoms with Crippen LogP contribution in [-0.4, -0.2) is 38.1 Å². The zero-order chi connectivity index (χ0) is 19.5. The van der Waals surface area contributed by atoms with Gasteiger partial charge in [0.1, 0.15) is 0 Å². The Morgan fingerprint density at radius 1 is 1.35 bits per heavy atom. The fraction of sp³-hybridized carbons (Fsp3) is 0.750. The van der Waals surface area contributed by atoms with Crippen molar-refractivity contribution in [3.63, 3.8) is 0 Å². The highest BCUT2D eigenvalue weighted by Crippen LogP contribution is 2.67. The van der Waals surface area contributed by atoms with Gasteiger partial charge in [-0.2, -0.15) is 0 Å². The molecule has 26 heavy (non-hydrogen) atoms. The molecule has 0 unspecified atom stereocenters. The van der Waals surface area contributed by atoms with Crippen LogP contribution in [-0.2, 0) is 13.9 Å². The van der Waals surface area contributed by atoms with Crippen molar-refractivity contribution in [2.45, 2.75) is 77.3 Å². The summed E-state index contributed by atoms with van der Waals surface area (Å²) in [6, 6.07) is 0. The lowest BCUT2D eigenvalue weighted by Crippen LogP contribution is -2.51. The molecule has 2 fully saturated rings. The molecule has 1 saturated heterocycles. The van der Waals surface area contributed by atoms with Gasteiger partial charge in [-0.15, -0.1) is 0 Å². The van der Waals surface area contributed by atoms with Crippen LogP contribution >= 0.6 is 15.9 Å². The van der Waals surface area contributed by atoms with Crippen molar-refractivity contribution in [3.05, 3.63) is 22.8 Å². The molecule has 1 saturated carbocycles. The lowest BCUT2D eigenvalue weighted by molar-refractivity contribution is -0.00164. The van der Waals surface area contributed by atoms with E-state index in [0.717, 1.165) is 23.7 Å². The second-order valence-electron chi connectivity index (χ2n) is 9.51. The van der Waals surface area contributed by atoms with Gasteiger partial charge in [-0.25, -0.2) is 4.79 Å². The molecule has 2 atom stereocenters. The minimum atomic E-state index is -1.83. The summed E-state index contributed by atoms with van der Waals surface area (Å²) in [6.45, 7) is 16.0. The first-order chi connectivity index (χ1) is 11.9. The molecule has 3 aliphatic rings. The number of alkyl halides is 1. The van der Waals surface area contributed by atoms with Crippen LogP contribution in [0.2, 0.25) is 18.1 Å². The molecule has 0 N–H and O–H groups in total. The van der Waals surface area contributed by atoms with E-state index in [2.05, 4.69) is 62.8 Å². The lowest BCUT2D eigenvalue weighted by Gasteiger charge is -2.43. The van der Waals surface area contributed by atoms with Gasteiger partial charge in [0.25, 0.3) is 0 Å². The second kappa shape index (κ2) is 6.21. The number of fused-ring (bicyclic) bond motifs is 2. The van der Waals surface area contributed by atoms with E-state index in [1.165, 1.54) is 11.1 Å². The third kappa shape index (κ3) is 2.83. The maximum Gasteiger partial charge on any atom is 0.509 e. The van der Waals surface area contributed by atoms with Crippen LogP contribution in [0, 0.1) is 5.41 Å². The van der Waals surface area contributed by atoms with Crippen molar-refractivity contribution in [1.82, 2.24) is 0 Å². The standard InChI is InChI=1S/C20H31BrO4Si/c1-13-15(12-21)14(8-11-23-26(6,7)18(2,3)4)16-19(5,20(13)9-10-20)25-17(22)24-16/h8,16H,9-12H2,1-7H3/b14-8-/t16-,19-/m0/s1. The summed E-state index contributed by atoms with van der Waals surface area (Å²) in [7, 11) is -1.83. The summed E-state index contributed by atoms with van der Waals surface area (Å²) in [4.78, 5) is 12.0. The van der Waals surface area contributed by atoms with Crippen molar-refractivity contribution in [2.24, 2.45) is 5.41 Å². The average molecular weight is 443 g/mol. The molecule has 1 heterocycles. The van der Waals surface area contributed by atoms with E-state index in [0.29, 0.717) is 6.61 Å². The fourth-order valence-corrected chi connectivity index (χ4v) is 5.84. The number of halogens is 1. The third-order valence-electron chi connectivity index (χ3n) is 7.20. The second-order valence-corrected chi connectivity index (χ2v) is 14.9. The Kier molecular flexibility index (Phi) is 4.81. The zero-order valence-corrected chi connectivity index (χ0v) is 19.6. The largest absolute Gasteiger partial charge is 0.509 e. The van der Waals surface area contributed by atoms with Crippen LogP contribution in [0.1, 0.15) is 47.5 Å². The highest BCUT2D eigenvalue weighted by molar-refractivity contribution is 9.09. The minimum Gasteiger partial charge on any atom is -0.423 e. The molecule has 0 aromatic heterocycles. The average Bonchev–Trinajstić information content (AvgIpc) is 3.25. The topological polar surface area (TPSA) is 44.8 Å². The lowest BCUT2D eigenvalue weighted by atomic mass is 9.67. The van der Waals surface area contributed by atoms with Gasteiger partial charge in [-0.3, -0.25) is 0 Å². The van der Waals surface area contributed by atoms with E-state index in [-0.39, 0.29) is 16.6 Å². The van der Waals surface area contributed by atoms with Crippen molar-refractivity contribution < 1.29 is 18.7 Å². The van der Waals surface area contributed by atoms with Crippen LogP contribution in [0.15, 0.2) is 22.8 Å². The zero-order valence-electron chi connectivity index (χ0n) is 17.0. The first kappa shape index (κ1) is 20.1. The van der Waals surface area contributed by atoms with Gasteiger partial charge < -0.3 is 13.9 Å². The maximum atomic E-state index is 12.0. The van der Waals surface area contributed by atoms with E-state index < -0.39 is 20.1 Å². The van der Waals surface area contributed by atoms with Gasteiger partial charge >= 0.3 is 6.16 Å². The third-order valence-corrected chi connectivity index (χ3v) is 12.3. The van der Waals surface area contributed by atoms with Gasteiger partial charge in [-0.1, -0.05) is 48.4 Å². The Labute approximate surface area is 166 Å². The molecular weight excluding hydrogens is 412 g/mol. The summed E-state index contributed by atoms with van der Waals surface area (Å²) in [6.07, 6.45) is 3.31. The van der Waals surface area contributed by atoms with E-state index in [4.69, 9.17) is 13.9 Å². The Morgan fingerprint density at radius 2 is 1.96 bits per heavy atom. The number of hydrogen-bond acceptors (Lipinski definition) is 4. The molecule has 2 aliphatic carbocycles. The number of ether oxygens (including phenoxy) is 2. The molecule has 0 radical (unpaired) electrons. The molecule has 0 bridgehead atoms. The van der Waals surface area contributed by atoms with Crippen molar-refractivity contribution in [1.29, 1.82) is 0 Å². The van der Waals surface area contributed by atoms with Gasteiger partial charge in [0, 0.05) is 10.7 Å². The Bertz CT molecular complexity index is 684. The quantitative estimate of drug-likeness (QED) is 0.316. The normalized spacial score (nSPS) is 31.9. The van der Waals surface area contributed by atoms with Crippen LogP contribution in [0.25, 0.3) is 0 Å². The van der Waals surface area contributed by atoms with E-state index in [1.54, 1.807) is 0 Å². The molecule has 146 valence electrons. The van der Waals surface area contributed by atoms with E-state index in [1.807, 2.05) is 6.92 Å². The van der Waals surface area contributed by atoms with Crippen LogP contribution in [0.5, 0.6) is 0 Å². The minimum absolute atomic E-state index is 0.0649. The summed E-state index contributed by atoms with van der Waals surface area (Å²) in [5.41, 5.74) is 2.93.